The molecule has 3 rings (SSSR count). The summed E-state index contributed by atoms with van der Waals surface area (Å²) in [6.45, 7) is 7.04. The van der Waals surface area contributed by atoms with Gasteiger partial charge in [-0.15, -0.1) is 0 Å². The Labute approximate surface area is 151 Å². The number of nitrogen functional groups attached to an aromatic ring is 1. The lowest BCUT2D eigenvalue weighted by Crippen LogP contribution is -2.46. The van der Waals surface area contributed by atoms with Gasteiger partial charge in [0.05, 0.1) is 17.1 Å². The number of nitrogens with two attached hydrogens (primary N) is 1. The molecule has 0 spiro atoms. The van der Waals surface area contributed by atoms with E-state index in [0.29, 0.717) is 24.7 Å². The first-order chi connectivity index (χ1) is 12.3. The highest BCUT2D eigenvalue weighted by atomic mass is 16.6. The first-order valence-electron chi connectivity index (χ1n) is 8.39. The molecule has 3 N–H and O–H groups in total. The number of anilines is 4. The van der Waals surface area contributed by atoms with Gasteiger partial charge in [-0.05, 0) is 38.5 Å². The van der Waals surface area contributed by atoms with Crippen LogP contribution in [0.4, 0.5) is 29.0 Å². The second-order valence-electron chi connectivity index (χ2n) is 6.52. The number of hydrogen-bond acceptors (Lipinski definition) is 8. The normalized spacial score (nSPS) is 20.0. The minimum Gasteiger partial charge on any atom is -0.378 e. The predicted molar refractivity (Wildman–Crippen MR) is 99.8 cm³/mol. The third-order valence-corrected chi connectivity index (χ3v) is 4.07. The quantitative estimate of drug-likeness (QED) is 0.632. The van der Waals surface area contributed by atoms with E-state index in [0.717, 1.165) is 5.56 Å². The van der Waals surface area contributed by atoms with Crippen molar-refractivity contribution in [2.75, 3.05) is 29.0 Å². The molecule has 1 saturated heterocycles. The van der Waals surface area contributed by atoms with E-state index in [1.807, 2.05) is 49.9 Å². The van der Waals surface area contributed by atoms with Crippen LogP contribution in [-0.2, 0) is 4.74 Å². The molecule has 1 aromatic carbocycles. The summed E-state index contributed by atoms with van der Waals surface area (Å²) in [7, 11) is 0. The van der Waals surface area contributed by atoms with E-state index in [-0.39, 0.29) is 29.5 Å². The molecule has 0 unspecified atom stereocenters. The van der Waals surface area contributed by atoms with Gasteiger partial charge in [0.2, 0.25) is 17.6 Å². The molecule has 0 bridgehead atoms. The Balaban J connectivity index is 2.00. The largest absolute Gasteiger partial charge is 0.378 e. The molecule has 0 aliphatic carbocycles. The molecule has 1 fully saturated rings. The molecule has 0 radical (unpaired) electrons. The fraction of sp³-hybridized carbons (Fsp3) is 0.412. The number of nitrogens with one attached hydrogen (secondary N) is 1. The summed E-state index contributed by atoms with van der Waals surface area (Å²) in [6, 6.07) is 7.49. The predicted octanol–water partition coefficient (Wildman–Crippen LogP) is 2.63. The van der Waals surface area contributed by atoms with Crippen molar-refractivity contribution in [1.29, 1.82) is 0 Å². The molecule has 2 atom stereocenters. The smallest absolute Gasteiger partial charge is 0.353 e. The monoisotopic (exact) mass is 358 g/mol. The number of hydrogen-bond donors (Lipinski definition) is 2. The molecule has 1 aromatic heterocycles. The maximum absolute atomic E-state index is 11.5. The lowest BCUT2D eigenvalue weighted by molar-refractivity contribution is -0.383. The number of nitrogens with zero attached hydrogens (tertiary/aromatic N) is 4. The number of morpholine rings is 1. The van der Waals surface area contributed by atoms with Gasteiger partial charge in [-0.25, -0.2) is 0 Å². The fourth-order valence-corrected chi connectivity index (χ4v) is 3.07. The topological polar surface area (TPSA) is 119 Å². The molecular formula is C17H22N6O3. The molecule has 138 valence electrons. The van der Waals surface area contributed by atoms with Gasteiger partial charge in [-0.2, -0.15) is 9.97 Å². The van der Waals surface area contributed by atoms with Crippen LogP contribution in [0.25, 0.3) is 0 Å². The van der Waals surface area contributed by atoms with Gasteiger partial charge in [0.15, 0.2) is 0 Å². The zero-order valence-corrected chi connectivity index (χ0v) is 15.0. The molecule has 0 amide bonds. The van der Waals surface area contributed by atoms with Crippen molar-refractivity contribution in [3.05, 3.63) is 39.9 Å². The lowest BCUT2D eigenvalue weighted by Gasteiger charge is -2.35. The average molecular weight is 358 g/mol. The van der Waals surface area contributed by atoms with E-state index in [2.05, 4.69) is 15.3 Å². The Morgan fingerprint density at radius 3 is 2.62 bits per heavy atom. The Morgan fingerprint density at radius 2 is 2.00 bits per heavy atom. The zero-order valence-electron chi connectivity index (χ0n) is 15.0. The molecule has 1 aliphatic heterocycles. The summed E-state index contributed by atoms with van der Waals surface area (Å²) in [4.78, 5) is 21.4. The Kier molecular flexibility index (Phi) is 4.90. The second-order valence-corrected chi connectivity index (χ2v) is 6.52. The summed E-state index contributed by atoms with van der Waals surface area (Å²) in [5, 5.41) is 14.5. The van der Waals surface area contributed by atoms with Crippen molar-refractivity contribution in [3.63, 3.8) is 0 Å². The summed E-state index contributed by atoms with van der Waals surface area (Å²) >= 11 is 0. The van der Waals surface area contributed by atoms with E-state index >= 15 is 0 Å². The highest BCUT2D eigenvalue weighted by molar-refractivity contribution is 5.74. The molecule has 1 aliphatic rings. The standard InChI is InChI=1S/C17H22N6O3/c1-10-5-4-6-13(7-10)19-16-14(23(24)25)15(18)20-17(21-16)22-8-11(2)26-12(3)9-22/h4-7,11-12H,8-9H2,1-3H3,(H3,18,19,20,21)/t11-,12-/m1/s1. The summed E-state index contributed by atoms with van der Waals surface area (Å²) < 4.78 is 5.72. The highest BCUT2D eigenvalue weighted by Crippen LogP contribution is 2.33. The van der Waals surface area contributed by atoms with E-state index in [9.17, 15) is 10.1 Å². The van der Waals surface area contributed by atoms with Gasteiger partial charge in [-0.1, -0.05) is 12.1 Å². The maximum Gasteiger partial charge on any atom is 0.353 e. The van der Waals surface area contributed by atoms with Gasteiger partial charge in [0.25, 0.3) is 0 Å². The summed E-state index contributed by atoms with van der Waals surface area (Å²) in [5.74, 6) is 0.266. The molecule has 26 heavy (non-hydrogen) atoms. The van der Waals surface area contributed by atoms with Crippen LogP contribution in [0.15, 0.2) is 24.3 Å². The van der Waals surface area contributed by atoms with Crippen LogP contribution in [-0.4, -0.2) is 40.2 Å². The Morgan fingerprint density at radius 1 is 1.31 bits per heavy atom. The molecule has 0 saturated carbocycles. The number of ether oxygens (including phenoxy) is 1. The number of aromatic nitrogens is 2. The van der Waals surface area contributed by atoms with Gasteiger partial charge >= 0.3 is 5.69 Å². The van der Waals surface area contributed by atoms with Crippen LogP contribution in [0.2, 0.25) is 0 Å². The molecule has 9 nitrogen and oxygen atoms in total. The average Bonchev–Trinajstić information content (AvgIpc) is 2.53. The number of rotatable bonds is 4. The lowest BCUT2D eigenvalue weighted by atomic mass is 10.2. The van der Waals surface area contributed by atoms with Crippen molar-refractivity contribution < 1.29 is 9.66 Å². The highest BCUT2D eigenvalue weighted by Gasteiger charge is 2.29. The van der Waals surface area contributed by atoms with Crippen LogP contribution < -0.4 is 16.0 Å². The maximum atomic E-state index is 11.5. The summed E-state index contributed by atoms with van der Waals surface area (Å²) in [5.41, 5.74) is 7.28. The number of benzene rings is 1. The van der Waals surface area contributed by atoms with E-state index in [1.165, 1.54) is 0 Å². The van der Waals surface area contributed by atoms with Crippen LogP contribution in [0.3, 0.4) is 0 Å². The van der Waals surface area contributed by atoms with Crippen molar-refractivity contribution in [2.24, 2.45) is 0 Å². The van der Waals surface area contributed by atoms with E-state index in [1.54, 1.807) is 0 Å². The van der Waals surface area contributed by atoms with Crippen molar-refractivity contribution in [2.45, 2.75) is 33.0 Å². The zero-order chi connectivity index (χ0) is 18.8. The van der Waals surface area contributed by atoms with Gasteiger partial charge in [0, 0.05) is 18.8 Å². The molecule has 2 aromatic rings. The fourth-order valence-electron chi connectivity index (χ4n) is 3.07. The van der Waals surface area contributed by atoms with Crippen LogP contribution in [0.1, 0.15) is 19.4 Å². The van der Waals surface area contributed by atoms with E-state index < -0.39 is 4.92 Å². The molecule has 9 heteroatoms. The van der Waals surface area contributed by atoms with Gasteiger partial charge in [0.1, 0.15) is 0 Å². The Hall–Kier alpha value is -2.94. The first-order valence-corrected chi connectivity index (χ1v) is 8.39. The van der Waals surface area contributed by atoms with E-state index in [4.69, 9.17) is 10.5 Å². The van der Waals surface area contributed by atoms with Crippen LogP contribution >= 0.6 is 0 Å². The van der Waals surface area contributed by atoms with Crippen molar-refractivity contribution in [3.8, 4) is 0 Å². The second kappa shape index (κ2) is 7.12. The Bertz CT molecular complexity index is 818. The molecule has 2 heterocycles. The third kappa shape index (κ3) is 3.83. The van der Waals surface area contributed by atoms with Gasteiger partial charge in [-0.3, -0.25) is 10.1 Å². The SMILES string of the molecule is Cc1cccc(Nc2nc(N3C[C@@H](C)O[C@H](C)C3)nc(N)c2[N+](=O)[O-])c1. The first kappa shape index (κ1) is 17.9. The van der Waals surface area contributed by atoms with Gasteiger partial charge < -0.3 is 20.7 Å². The number of nitro groups is 1. The van der Waals surface area contributed by atoms with Crippen molar-refractivity contribution >= 4 is 29.0 Å². The minimum absolute atomic E-state index is 0.00643. The minimum atomic E-state index is -0.568. The van der Waals surface area contributed by atoms with Crippen LogP contribution in [0, 0.1) is 17.0 Å². The third-order valence-electron chi connectivity index (χ3n) is 4.07. The molecular weight excluding hydrogens is 336 g/mol. The van der Waals surface area contributed by atoms with Crippen LogP contribution in [0.5, 0.6) is 0 Å². The summed E-state index contributed by atoms with van der Waals surface area (Å²) in [6.07, 6.45) is 0.0129. The van der Waals surface area contributed by atoms with Crippen molar-refractivity contribution in [1.82, 2.24) is 9.97 Å². The number of aryl methyl sites for hydroxylation is 1.